The molecule has 0 bridgehead atoms. The van der Waals surface area contributed by atoms with Crippen LogP contribution in [0.5, 0.6) is 0 Å². The van der Waals surface area contributed by atoms with Crippen LogP contribution < -0.4 is 0 Å². The standard InChI is InChI=1S/C10H9ClN2O/c1-13-6-12-9-5-8(11)7(2-3-14)4-10(9)13/h3-6H,2H2,1H3. The number of aryl methyl sites for hydroxylation is 1. The molecule has 0 spiro atoms. The second-order valence-corrected chi connectivity index (χ2v) is 3.57. The minimum absolute atomic E-state index is 0.347. The van der Waals surface area contributed by atoms with Gasteiger partial charge in [-0.25, -0.2) is 4.98 Å². The van der Waals surface area contributed by atoms with Crippen LogP contribution in [0.3, 0.4) is 0 Å². The quantitative estimate of drug-likeness (QED) is 0.708. The average molecular weight is 209 g/mol. The van der Waals surface area contributed by atoms with Gasteiger partial charge in [0.2, 0.25) is 0 Å². The van der Waals surface area contributed by atoms with Crippen LogP contribution >= 0.6 is 11.6 Å². The van der Waals surface area contributed by atoms with E-state index in [0.29, 0.717) is 11.4 Å². The fraction of sp³-hybridized carbons (Fsp3) is 0.200. The van der Waals surface area contributed by atoms with E-state index >= 15 is 0 Å². The van der Waals surface area contributed by atoms with E-state index in [-0.39, 0.29) is 0 Å². The number of carbonyl (C=O) groups is 1. The van der Waals surface area contributed by atoms with Crippen molar-refractivity contribution in [2.75, 3.05) is 0 Å². The van der Waals surface area contributed by atoms with Crippen LogP contribution in [0.25, 0.3) is 11.0 Å². The van der Waals surface area contributed by atoms with E-state index in [4.69, 9.17) is 11.6 Å². The van der Waals surface area contributed by atoms with Gasteiger partial charge in [-0.15, -0.1) is 0 Å². The van der Waals surface area contributed by atoms with Crippen LogP contribution in [0.4, 0.5) is 0 Å². The van der Waals surface area contributed by atoms with Crippen LogP contribution in [0, 0.1) is 0 Å². The summed E-state index contributed by atoms with van der Waals surface area (Å²) in [5.41, 5.74) is 2.69. The van der Waals surface area contributed by atoms with Crippen LogP contribution in [-0.4, -0.2) is 15.8 Å². The Morgan fingerprint density at radius 3 is 3.07 bits per heavy atom. The van der Waals surface area contributed by atoms with Gasteiger partial charge in [0.15, 0.2) is 0 Å². The van der Waals surface area contributed by atoms with Crippen molar-refractivity contribution in [2.24, 2.45) is 7.05 Å². The lowest BCUT2D eigenvalue weighted by atomic mass is 10.1. The van der Waals surface area contributed by atoms with Crippen LogP contribution in [0.1, 0.15) is 5.56 Å². The molecule has 0 saturated carbocycles. The molecule has 0 saturated heterocycles. The van der Waals surface area contributed by atoms with Crippen molar-refractivity contribution in [3.63, 3.8) is 0 Å². The van der Waals surface area contributed by atoms with Gasteiger partial charge >= 0.3 is 0 Å². The molecule has 1 aromatic carbocycles. The molecule has 0 radical (unpaired) electrons. The Morgan fingerprint density at radius 1 is 1.57 bits per heavy atom. The van der Waals surface area contributed by atoms with Crippen molar-refractivity contribution in [1.29, 1.82) is 0 Å². The first-order chi connectivity index (χ1) is 6.72. The van der Waals surface area contributed by atoms with Crippen molar-refractivity contribution >= 4 is 28.9 Å². The van der Waals surface area contributed by atoms with E-state index in [1.165, 1.54) is 0 Å². The Balaban J connectivity index is 2.67. The Kier molecular flexibility index (Phi) is 2.25. The summed E-state index contributed by atoms with van der Waals surface area (Å²) in [7, 11) is 1.91. The summed E-state index contributed by atoms with van der Waals surface area (Å²) in [6.45, 7) is 0. The fourth-order valence-corrected chi connectivity index (χ4v) is 1.67. The van der Waals surface area contributed by atoms with Gasteiger partial charge in [0.05, 0.1) is 17.4 Å². The maximum atomic E-state index is 10.4. The SMILES string of the molecule is Cn1cnc2cc(Cl)c(CC=O)cc21. The number of imidazole rings is 1. The van der Waals surface area contributed by atoms with Gasteiger partial charge in [-0.1, -0.05) is 11.6 Å². The molecule has 1 aromatic heterocycles. The molecule has 0 unspecified atom stereocenters. The second kappa shape index (κ2) is 3.42. The van der Waals surface area contributed by atoms with Gasteiger partial charge < -0.3 is 9.36 Å². The molecule has 0 atom stereocenters. The normalized spacial score (nSPS) is 10.7. The average Bonchev–Trinajstić information content (AvgIpc) is 2.49. The maximum absolute atomic E-state index is 10.4. The van der Waals surface area contributed by atoms with E-state index in [0.717, 1.165) is 22.9 Å². The number of nitrogens with zero attached hydrogens (tertiary/aromatic N) is 2. The van der Waals surface area contributed by atoms with Crippen molar-refractivity contribution in [2.45, 2.75) is 6.42 Å². The lowest BCUT2D eigenvalue weighted by molar-refractivity contribution is -0.107. The molecule has 0 amide bonds. The van der Waals surface area contributed by atoms with E-state index in [2.05, 4.69) is 4.98 Å². The van der Waals surface area contributed by atoms with Gasteiger partial charge in [-0.2, -0.15) is 0 Å². The zero-order valence-corrected chi connectivity index (χ0v) is 8.45. The van der Waals surface area contributed by atoms with Crippen molar-refractivity contribution < 1.29 is 4.79 Å². The third-order valence-corrected chi connectivity index (χ3v) is 2.55. The van der Waals surface area contributed by atoms with Crippen LogP contribution in [-0.2, 0) is 18.3 Å². The highest BCUT2D eigenvalue weighted by molar-refractivity contribution is 6.32. The monoisotopic (exact) mass is 208 g/mol. The minimum Gasteiger partial charge on any atom is -0.334 e. The molecule has 2 rings (SSSR count). The maximum Gasteiger partial charge on any atom is 0.124 e. The number of benzene rings is 1. The van der Waals surface area contributed by atoms with Gasteiger partial charge in [-0.05, 0) is 17.7 Å². The molecule has 0 fully saturated rings. The molecule has 72 valence electrons. The summed E-state index contributed by atoms with van der Waals surface area (Å²) in [4.78, 5) is 14.6. The number of aldehydes is 1. The number of aromatic nitrogens is 2. The number of halogens is 1. The lowest BCUT2D eigenvalue weighted by Gasteiger charge is -2.01. The number of carbonyl (C=O) groups excluding carboxylic acids is 1. The summed E-state index contributed by atoms with van der Waals surface area (Å²) in [6.07, 6.45) is 2.93. The molecule has 3 nitrogen and oxygen atoms in total. The Hall–Kier alpha value is -1.35. The molecule has 4 heteroatoms. The molecule has 2 aromatic rings. The highest BCUT2D eigenvalue weighted by atomic mass is 35.5. The predicted octanol–water partition coefficient (Wildman–Crippen LogP) is 1.97. The Labute approximate surface area is 86.3 Å². The Bertz CT molecular complexity index is 490. The van der Waals surface area contributed by atoms with Crippen molar-refractivity contribution in [1.82, 2.24) is 9.55 Å². The van der Waals surface area contributed by atoms with Gasteiger partial charge in [-0.3, -0.25) is 0 Å². The van der Waals surface area contributed by atoms with Crippen LogP contribution in [0.15, 0.2) is 18.5 Å². The fourth-order valence-electron chi connectivity index (χ4n) is 1.44. The number of hydrogen-bond acceptors (Lipinski definition) is 2. The molecule has 0 aliphatic heterocycles. The van der Waals surface area contributed by atoms with Crippen molar-refractivity contribution in [3.05, 3.63) is 29.0 Å². The van der Waals surface area contributed by atoms with E-state index in [9.17, 15) is 4.79 Å². The van der Waals surface area contributed by atoms with E-state index < -0.39 is 0 Å². The van der Waals surface area contributed by atoms with Gasteiger partial charge in [0, 0.05) is 18.5 Å². The summed E-state index contributed by atoms with van der Waals surface area (Å²) < 4.78 is 1.90. The molecule has 0 aliphatic carbocycles. The summed E-state index contributed by atoms with van der Waals surface area (Å²) in [6, 6.07) is 3.69. The number of hydrogen-bond donors (Lipinski definition) is 0. The summed E-state index contributed by atoms with van der Waals surface area (Å²) in [5, 5.41) is 0.600. The first-order valence-corrected chi connectivity index (χ1v) is 4.63. The third-order valence-electron chi connectivity index (χ3n) is 2.20. The van der Waals surface area contributed by atoms with Gasteiger partial charge in [0.1, 0.15) is 6.29 Å². The Morgan fingerprint density at radius 2 is 2.36 bits per heavy atom. The lowest BCUT2D eigenvalue weighted by Crippen LogP contribution is -1.90. The first-order valence-electron chi connectivity index (χ1n) is 4.25. The molecular weight excluding hydrogens is 200 g/mol. The van der Waals surface area contributed by atoms with Gasteiger partial charge in [0.25, 0.3) is 0 Å². The highest BCUT2D eigenvalue weighted by Crippen LogP contribution is 2.22. The summed E-state index contributed by atoms with van der Waals surface area (Å²) >= 11 is 5.98. The highest BCUT2D eigenvalue weighted by Gasteiger charge is 2.05. The zero-order valence-electron chi connectivity index (χ0n) is 7.70. The molecule has 0 N–H and O–H groups in total. The largest absolute Gasteiger partial charge is 0.334 e. The van der Waals surface area contributed by atoms with Crippen LogP contribution in [0.2, 0.25) is 5.02 Å². The third kappa shape index (κ3) is 1.40. The first kappa shape index (κ1) is 9.21. The number of fused-ring (bicyclic) bond motifs is 1. The molecule has 0 aliphatic rings. The molecule has 14 heavy (non-hydrogen) atoms. The minimum atomic E-state index is 0.347. The molecular formula is C10H9ClN2O. The predicted molar refractivity (Wildman–Crippen MR) is 55.5 cm³/mol. The zero-order chi connectivity index (χ0) is 10.1. The smallest absolute Gasteiger partial charge is 0.124 e. The number of rotatable bonds is 2. The second-order valence-electron chi connectivity index (χ2n) is 3.16. The molecule has 1 heterocycles. The van der Waals surface area contributed by atoms with E-state index in [1.807, 2.05) is 17.7 Å². The van der Waals surface area contributed by atoms with Crippen molar-refractivity contribution in [3.8, 4) is 0 Å². The summed E-state index contributed by atoms with van der Waals surface area (Å²) in [5.74, 6) is 0. The van der Waals surface area contributed by atoms with E-state index in [1.54, 1.807) is 12.4 Å². The topological polar surface area (TPSA) is 34.9 Å².